The lowest BCUT2D eigenvalue weighted by molar-refractivity contribution is -0.116. The van der Waals surface area contributed by atoms with Gasteiger partial charge in [-0.25, -0.2) is 9.07 Å². The monoisotopic (exact) mass is 483 g/mol. The van der Waals surface area contributed by atoms with E-state index in [4.69, 9.17) is 4.52 Å². The van der Waals surface area contributed by atoms with Crippen LogP contribution >= 0.6 is 0 Å². The summed E-state index contributed by atoms with van der Waals surface area (Å²) >= 11 is 0. The van der Waals surface area contributed by atoms with Crippen molar-refractivity contribution >= 4 is 11.6 Å². The van der Waals surface area contributed by atoms with E-state index in [1.807, 2.05) is 32.0 Å². The standard InChI is InChI=1S/C26H22FN7O2/c1-4-33(17(3)35)21-10-9-19(15-16(21)2)25-29-26(36-31-25)23-24(18-11-13-28-14-12-18)34(32-30-23)22-8-6-5-7-20(22)27/h5-15H,4H2,1-3H3. The Balaban J connectivity index is 1.58. The van der Waals surface area contributed by atoms with Crippen molar-refractivity contribution in [1.29, 1.82) is 0 Å². The summed E-state index contributed by atoms with van der Waals surface area (Å²) in [4.78, 5) is 22.3. The fraction of sp³-hybridized carbons (Fsp3) is 0.154. The predicted molar refractivity (Wildman–Crippen MR) is 132 cm³/mol. The molecule has 5 rings (SSSR count). The number of nitrogens with zero attached hydrogens (tertiary/aromatic N) is 7. The lowest BCUT2D eigenvalue weighted by Gasteiger charge is -2.21. The molecule has 180 valence electrons. The molecule has 2 aromatic carbocycles. The zero-order valence-corrected chi connectivity index (χ0v) is 19.9. The van der Waals surface area contributed by atoms with E-state index in [0.717, 1.165) is 16.8 Å². The first-order valence-electron chi connectivity index (χ1n) is 11.3. The third-order valence-corrected chi connectivity index (χ3v) is 5.78. The Bertz CT molecular complexity index is 1550. The number of aromatic nitrogens is 6. The average molecular weight is 484 g/mol. The summed E-state index contributed by atoms with van der Waals surface area (Å²) in [6, 6.07) is 15.4. The maximum absolute atomic E-state index is 14.6. The van der Waals surface area contributed by atoms with E-state index < -0.39 is 5.82 Å². The molecule has 5 aromatic rings. The molecule has 0 saturated heterocycles. The van der Waals surface area contributed by atoms with Gasteiger partial charge in [0.2, 0.25) is 11.7 Å². The van der Waals surface area contributed by atoms with Crippen molar-refractivity contribution in [2.45, 2.75) is 20.8 Å². The molecule has 9 nitrogen and oxygen atoms in total. The van der Waals surface area contributed by atoms with Gasteiger partial charge >= 0.3 is 0 Å². The number of benzene rings is 2. The molecule has 0 aliphatic carbocycles. The van der Waals surface area contributed by atoms with Crippen LogP contribution in [0.3, 0.4) is 0 Å². The Labute approximate surface area is 206 Å². The van der Waals surface area contributed by atoms with Gasteiger partial charge in [-0.1, -0.05) is 22.5 Å². The van der Waals surface area contributed by atoms with E-state index >= 15 is 0 Å². The van der Waals surface area contributed by atoms with Gasteiger partial charge < -0.3 is 9.42 Å². The van der Waals surface area contributed by atoms with Gasteiger partial charge in [0.05, 0.1) is 0 Å². The number of carbonyl (C=O) groups excluding carboxylic acids is 1. The van der Waals surface area contributed by atoms with Crippen molar-refractivity contribution in [3.63, 3.8) is 0 Å². The molecular weight excluding hydrogens is 461 g/mol. The van der Waals surface area contributed by atoms with Crippen LogP contribution in [-0.4, -0.2) is 42.6 Å². The van der Waals surface area contributed by atoms with Gasteiger partial charge in [-0.15, -0.1) is 5.10 Å². The van der Waals surface area contributed by atoms with Crippen LogP contribution in [-0.2, 0) is 4.79 Å². The fourth-order valence-electron chi connectivity index (χ4n) is 4.08. The highest BCUT2D eigenvalue weighted by atomic mass is 19.1. The summed E-state index contributed by atoms with van der Waals surface area (Å²) in [7, 11) is 0. The summed E-state index contributed by atoms with van der Waals surface area (Å²) in [6.45, 7) is 5.95. The van der Waals surface area contributed by atoms with Crippen LogP contribution in [0.1, 0.15) is 19.4 Å². The van der Waals surface area contributed by atoms with Crippen LogP contribution in [0.4, 0.5) is 10.1 Å². The van der Waals surface area contributed by atoms with E-state index in [0.29, 0.717) is 29.3 Å². The van der Waals surface area contributed by atoms with Gasteiger partial charge in [-0.2, -0.15) is 4.98 Å². The van der Waals surface area contributed by atoms with Crippen LogP contribution in [0.2, 0.25) is 0 Å². The molecule has 3 aromatic heterocycles. The number of hydrogen-bond acceptors (Lipinski definition) is 7. The molecule has 0 bridgehead atoms. The average Bonchev–Trinajstić information content (AvgIpc) is 3.54. The number of amides is 1. The van der Waals surface area contributed by atoms with Crippen molar-refractivity contribution in [2.75, 3.05) is 11.4 Å². The van der Waals surface area contributed by atoms with Crippen LogP contribution < -0.4 is 4.90 Å². The molecule has 0 spiro atoms. The van der Waals surface area contributed by atoms with Crippen molar-refractivity contribution < 1.29 is 13.7 Å². The minimum atomic E-state index is -0.447. The molecule has 0 fully saturated rings. The zero-order valence-electron chi connectivity index (χ0n) is 19.9. The maximum Gasteiger partial charge on any atom is 0.281 e. The Morgan fingerprint density at radius 1 is 1.08 bits per heavy atom. The Morgan fingerprint density at radius 2 is 1.86 bits per heavy atom. The Morgan fingerprint density at radius 3 is 2.56 bits per heavy atom. The highest BCUT2D eigenvalue weighted by Crippen LogP contribution is 2.33. The van der Waals surface area contributed by atoms with Gasteiger partial charge in [0, 0.05) is 42.7 Å². The first-order valence-corrected chi connectivity index (χ1v) is 11.3. The SMILES string of the molecule is CCN(C(C)=O)c1ccc(-c2noc(-c3nnn(-c4ccccc4F)c3-c3ccncc3)n2)cc1C. The maximum atomic E-state index is 14.6. The minimum Gasteiger partial charge on any atom is -0.332 e. The number of para-hydroxylation sites is 1. The van der Waals surface area contributed by atoms with Crippen molar-refractivity contribution in [3.8, 4) is 39.9 Å². The zero-order chi connectivity index (χ0) is 25.2. The van der Waals surface area contributed by atoms with Crippen molar-refractivity contribution in [2.24, 2.45) is 0 Å². The summed E-state index contributed by atoms with van der Waals surface area (Å²) in [6.07, 6.45) is 3.25. The Kier molecular flexibility index (Phi) is 6.07. The number of aryl methyl sites for hydroxylation is 1. The molecule has 10 heteroatoms. The molecule has 0 unspecified atom stereocenters. The normalized spacial score (nSPS) is 11.0. The van der Waals surface area contributed by atoms with Gasteiger partial charge in [-0.05, 0) is 61.9 Å². The largest absolute Gasteiger partial charge is 0.332 e. The second kappa shape index (κ2) is 9.49. The molecule has 0 radical (unpaired) electrons. The smallest absolute Gasteiger partial charge is 0.281 e. The molecular formula is C26H22FN7O2. The minimum absolute atomic E-state index is 0.0308. The van der Waals surface area contributed by atoms with E-state index in [1.165, 1.54) is 17.7 Å². The fourth-order valence-corrected chi connectivity index (χ4v) is 4.08. The highest BCUT2D eigenvalue weighted by molar-refractivity contribution is 5.92. The van der Waals surface area contributed by atoms with Crippen molar-refractivity contribution in [3.05, 3.63) is 78.4 Å². The molecule has 3 heterocycles. The molecule has 0 aliphatic rings. The number of hydrogen-bond donors (Lipinski definition) is 0. The van der Waals surface area contributed by atoms with Gasteiger partial charge in [0.15, 0.2) is 5.69 Å². The van der Waals surface area contributed by atoms with Gasteiger partial charge in [0.25, 0.3) is 5.89 Å². The lowest BCUT2D eigenvalue weighted by atomic mass is 10.1. The first kappa shape index (κ1) is 23.0. The molecule has 0 aliphatic heterocycles. The topological polar surface area (TPSA) is 103 Å². The van der Waals surface area contributed by atoms with Crippen LogP contribution in [0.5, 0.6) is 0 Å². The summed E-state index contributed by atoms with van der Waals surface area (Å²) in [5, 5.41) is 12.6. The third-order valence-electron chi connectivity index (χ3n) is 5.78. The Hall–Kier alpha value is -4.73. The summed E-state index contributed by atoms with van der Waals surface area (Å²) in [5.74, 6) is 0.0150. The van der Waals surface area contributed by atoms with Gasteiger partial charge in [0.1, 0.15) is 17.2 Å². The number of carbonyl (C=O) groups is 1. The number of halogens is 1. The van der Waals surface area contributed by atoms with Crippen molar-refractivity contribution in [1.82, 2.24) is 30.1 Å². The van der Waals surface area contributed by atoms with E-state index in [9.17, 15) is 9.18 Å². The second-order valence-corrected chi connectivity index (χ2v) is 8.07. The number of anilines is 1. The molecule has 0 N–H and O–H groups in total. The van der Waals surface area contributed by atoms with Gasteiger partial charge in [-0.3, -0.25) is 9.78 Å². The van der Waals surface area contributed by atoms with E-state index in [-0.39, 0.29) is 17.5 Å². The summed E-state index contributed by atoms with van der Waals surface area (Å²) < 4.78 is 21.6. The quantitative estimate of drug-likeness (QED) is 0.340. The number of rotatable bonds is 6. The number of pyridine rings is 1. The third kappa shape index (κ3) is 4.13. The predicted octanol–water partition coefficient (Wildman–Crippen LogP) is 4.87. The second-order valence-electron chi connectivity index (χ2n) is 8.07. The summed E-state index contributed by atoms with van der Waals surface area (Å²) in [5.41, 5.74) is 4.19. The van der Waals surface area contributed by atoms with Crippen LogP contribution in [0.15, 0.2) is 71.5 Å². The molecule has 0 saturated carbocycles. The molecule has 36 heavy (non-hydrogen) atoms. The van der Waals surface area contributed by atoms with E-state index in [2.05, 4.69) is 25.4 Å². The highest BCUT2D eigenvalue weighted by Gasteiger charge is 2.24. The lowest BCUT2D eigenvalue weighted by Crippen LogP contribution is -2.28. The molecule has 1 amide bonds. The van der Waals surface area contributed by atoms with Crippen LogP contribution in [0.25, 0.3) is 39.9 Å². The molecule has 0 atom stereocenters. The van der Waals surface area contributed by atoms with Crippen LogP contribution in [0, 0.1) is 12.7 Å². The van der Waals surface area contributed by atoms with E-state index in [1.54, 1.807) is 47.6 Å². The first-order chi connectivity index (χ1) is 17.5.